The second kappa shape index (κ2) is 11.1. The molecule has 7 rings (SSSR count). The van der Waals surface area contributed by atoms with Crippen molar-refractivity contribution in [2.75, 3.05) is 0 Å². The van der Waals surface area contributed by atoms with E-state index >= 15 is 0 Å². The van der Waals surface area contributed by atoms with E-state index in [1.54, 1.807) is 0 Å². The van der Waals surface area contributed by atoms with Gasteiger partial charge in [0.25, 0.3) is 0 Å². The molecule has 0 N–H and O–H groups in total. The molecule has 220 valence electrons. The van der Waals surface area contributed by atoms with Gasteiger partial charge in [0, 0.05) is 47.0 Å². The highest BCUT2D eigenvalue weighted by molar-refractivity contribution is 6.21. The molecule has 0 aliphatic heterocycles. The number of aryl methyl sites for hydroxylation is 3. The van der Waals surface area contributed by atoms with Crippen molar-refractivity contribution in [3.8, 4) is 44.5 Å². The van der Waals surface area contributed by atoms with Crippen molar-refractivity contribution >= 4 is 21.5 Å². The third-order valence-corrected chi connectivity index (χ3v) is 9.12. The van der Waals surface area contributed by atoms with Crippen LogP contribution in [-0.4, -0.2) is 9.97 Å². The first-order valence-electron chi connectivity index (χ1n) is 15.7. The number of benzene rings is 5. The normalized spacial score (nSPS) is 11.8. The van der Waals surface area contributed by atoms with Crippen LogP contribution in [0.1, 0.15) is 43.0 Å². The average Bonchev–Trinajstić information content (AvgIpc) is 3.03. The van der Waals surface area contributed by atoms with Gasteiger partial charge in [-0.2, -0.15) is 0 Å². The van der Waals surface area contributed by atoms with E-state index in [0.29, 0.717) is 0 Å². The molecule has 0 unspecified atom stereocenters. The van der Waals surface area contributed by atoms with Gasteiger partial charge < -0.3 is 0 Å². The first-order chi connectivity index (χ1) is 21.7. The molecule has 0 fully saturated rings. The second-order valence-electron chi connectivity index (χ2n) is 13.3. The standard InChI is InChI=1S/C43H38N2/c1-27-13-11-14-28(2)39(27)30-21-32(25-44-23-30)41-34-16-7-9-18-36(34)42(37-19-10-8-17-35(37)41)33-22-31(24-45-26-33)40-29(3)15-12-20-38(40)43(4,5)6/h7-26H,1-6H3. The van der Waals surface area contributed by atoms with Crippen molar-refractivity contribution in [1.82, 2.24) is 9.97 Å². The van der Waals surface area contributed by atoms with Crippen molar-refractivity contribution in [3.05, 3.63) is 144 Å². The van der Waals surface area contributed by atoms with Crippen LogP contribution in [0, 0.1) is 20.8 Å². The fourth-order valence-corrected chi connectivity index (χ4v) is 7.12. The molecule has 2 heterocycles. The molecule has 45 heavy (non-hydrogen) atoms. The summed E-state index contributed by atoms with van der Waals surface area (Å²) in [7, 11) is 0. The number of aromatic nitrogens is 2. The van der Waals surface area contributed by atoms with Crippen LogP contribution in [0.25, 0.3) is 66.1 Å². The lowest BCUT2D eigenvalue weighted by molar-refractivity contribution is 0.591. The van der Waals surface area contributed by atoms with E-state index in [9.17, 15) is 0 Å². The molecule has 0 aliphatic carbocycles. The molecular formula is C43H38N2. The van der Waals surface area contributed by atoms with Crippen LogP contribution < -0.4 is 0 Å². The molecule has 0 bridgehead atoms. The Labute approximate surface area is 266 Å². The van der Waals surface area contributed by atoms with E-state index < -0.39 is 0 Å². The van der Waals surface area contributed by atoms with Crippen LogP contribution in [0.15, 0.2) is 122 Å². The van der Waals surface area contributed by atoms with Crippen molar-refractivity contribution in [2.45, 2.75) is 47.0 Å². The minimum Gasteiger partial charge on any atom is -0.263 e. The van der Waals surface area contributed by atoms with Crippen LogP contribution in [0.2, 0.25) is 0 Å². The van der Waals surface area contributed by atoms with Crippen LogP contribution in [-0.2, 0) is 5.41 Å². The highest BCUT2D eigenvalue weighted by atomic mass is 14.6. The van der Waals surface area contributed by atoms with Gasteiger partial charge >= 0.3 is 0 Å². The highest BCUT2D eigenvalue weighted by Crippen LogP contribution is 2.45. The molecular weight excluding hydrogens is 544 g/mol. The van der Waals surface area contributed by atoms with Gasteiger partial charge in [0.05, 0.1) is 0 Å². The van der Waals surface area contributed by atoms with E-state index in [1.165, 1.54) is 66.1 Å². The molecule has 2 nitrogen and oxygen atoms in total. The largest absolute Gasteiger partial charge is 0.263 e. The summed E-state index contributed by atoms with van der Waals surface area (Å²) in [6, 6.07) is 35.3. The zero-order valence-electron chi connectivity index (χ0n) is 26.9. The Morgan fingerprint density at radius 3 is 1.18 bits per heavy atom. The number of hydrogen-bond donors (Lipinski definition) is 0. The van der Waals surface area contributed by atoms with Gasteiger partial charge in [0.1, 0.15) is 0 Å². The second-order valence-corrected chi connectivity index (χ2v) is 13.3. The van der Waals surface area contributed by atoms with Crippen LogP contribution in [0.5, 0.6) is 0 Å². The molecule has 0 aliphatic rings. The fraction of sp³-hybridized carbons (Fsp3) is 0.163. The predicted octanol–water partition coefficient (Wildman–Crippen LogP) is 11.7. The summed E-state index contributed by atoms with van der Waals surface area (Å²) in [6.45, 7) is 13.4. The number of pyridine rings is 2. The van der Waals surface area contributed by atoms with Crippen LogP contribution in [0.3, 0.4) is 0 Å². The topological polar surface area (TPSA) is 25.8 Å². The lowest BCUT2D eigenvalue weighted by atomic mass is 9.80. The molecule has 2 aromatic heterocycles. The maximum absolute atomic E-state index is 4.85. The predicted molar refractivity (Wildman–Crippen MR) is 192 cm³/mol. The van der Waals surface area contributed by atoms with Gasteiger partial charge in [-0.1, -0.05) is 106 Å². The Hall–Kier alpha value is -5.08. The third kappa shape index (κ3) is 5.01. The molecule has 0 saturated carbocycles. The first kappa shape index (κ1) is 28.7. The number of nitrogens with zero attached hydrogens (tertiary/aromatic N) is 2. The van der Waals surface area contributed by atoms with Gasteiger partial charge in [-0.3, -0.25) is 9.97 Å². The third-order valence-electron chi connectivity index (χ3n) is 9.12. The Morgan fingerprint density at radius 2 is 0.756 bits per heavy atom. The Balaban J connectivity index is 1.50. The molecule has 0 atom stereocenters. The minimum atomic E-state index is 0.0117. The van der Waals surface area contributed by atoms with E-state index in [2.05, 4.69) is 139 Å². The number of fused-ring (bicyclic) bond motifs is 2. The van der Waals surface area contributed by atoms with Crippen molar-refractivity contribution < 1.29 is 0 Å². The van der Waals surface area contributed by atoms with E-state index in [1.807, 2.05) is 24.8 Å². The van der Waals surface area contributed by atoms with E-state index in [0.717, 1.165) is 22.3 Å². The number of hydrogen-bond acceptors (Lipinski definition) is 2. The van der Waals surface area contributed by atoms with E-state index in [4.69, 9.17) is 9.97 Å². The summed E-state index contributed by atoms with van der Waals surface area (Å²) in [4.78, 5) is 9.63. The summed E-state index contributed by atoms with van der Waals surface area (Å²) in [5, 5.41) is 4.85. The van der Waals surface area contributed by atoms with Gasteiger partial charge in [0.15, 0.2) is 0 Å². The lowest BCUT2D eigenvalue weighted by Gasteiger charge is -2.25. The number of rotatable bonds is 4. The smallest absolute Gasteiger partial charge is 0.0347 e. The van der Waals surface area contributed by atoms with Gasteiger partial charge in [-0.05, 0) is 104 Å². The van der Waals surface area contributed by atoms with Crippen molar-refractivity contribution in [1.29, 1.82) is 0 Å². The summed E-state index contributed by atoms with van der Waals surface area (Å²) < 4.78 is 0. The molecule has 2 heteroatoms. The summed E-state index contributed by atoms with van der Waals surface area (Å²) in [5.74, 6) is 0. The van der Waals surface area contributed by atoms with Gasteiger partial charge in [-0.25, -0.2) is 0 Å². The van der Waals surface area contributed by atoms with Gasteiger partial charge in [0.2, 0.25) is 0 Å². The SMILES string of the molecule is Cc1cccc(C)c1-c1cncc(-c2c3ccccc3c(-c3cncc(-c4c(C)cccc4C(C)(C)C)c3)c3ccccc23)c1. The summed E-state index contributed by atoms with van der Waals surface area (Å²) in [6.07, 6.45) is 8.05. The zero-order valence-corrected chi connectivity index (χ0v) is 26.9. The average molecular weight is 583 g/mol. The molecule has 0 spiro atoms. The maximum atomic E-state index is 4.85. The Bertz CT molecular complexity index is 2160. The minimum absolute atomic E-state index is 0.0117. The summed E-state index contributed by atoms with van der Waals surface area (Å²) in [5.41, 5.74) is 14.6. The molecule has 5 aromatic carbocycles. The Morgan fingerprint density at radius 1 is 0.400 bits per heavy atom. The Kier molecular flexibility index (Phi) is 7.09. The molecule has 0 amide bonds. The maximum Gasteiger partial charge on any atom is 0.0347 e. The fourth-order valence-electron chi connectivity index (χ4n) is 7.12. The van der Waals surface area contributed by atoms with Crippen molar-refractivity contribution in [3.63, 3.8) is 0 Å². The van der Waals surface area contributed by atoms with Crippen molar-refractivity contribution in [2.24, 2.45) is 0 Å². The van der Waals surface area contributed by atoms with Crippen LogP contribution >= 0.6 is 0 Å². The highest BCUT2D eigenvalue weighted by Gasteiger charge is 2.22. The lowest BCUT2D eigenvalue weighted by Crippen LogP contribution is -2.13. The molecule has 7 aromatic rings. The summed E-state index contributed by atoms with van der Waals surface area (Å²) >= 11 is 0. The monoisotopic (exact) mass is 582 g/mol. The van der Waals surface area contributed by atoms with Gasteiger partial charge in [-0.15, -0.1) is 0 Å². The first-order valence-corrected chi connectivity index (χ1v) is 15.7. The van der Waals surface area contributed by atoms with Crippen LogP contribution in [0.4, 0.5) is 0 Å². The molecule has 0 radical (unpaired) electrons. The zero-order chi connectivity index (χ0) is 31.3. The van der Waals surface area contributed by atoms with E-state index in [-0.39, 0.29) is 5.41 Å². The quantitative estimate of drug-likeness (QED) is 0.193. The molecule has 0 saturated heterocycles.